The summed E-state index contributed by atoms with van der Waals surface area (Å²) in [4.78, 5) is 12.5. The van der Waals surface area contributed by atoms with Crippen molar-refractivity contribution in [3.63, 3.8) is 0 Å². The summed E-state index contributed by atoms with van der Waals surface area (Å²) >= 11 is 0. The molecular weight excluding hydrogens is 238 g/mol. The molecule has 18 heavy (non-hydrogen) atoms. The molecule has 0 amide bonds. The number of nitrogens with zero attached hydrogens (tertiary/aromatic N) is 3. The summed E-state index contributed by atoms with van der Waals surface area (Å²) in [5.41, 5.74) is 0.976. The van der Waals surface area contributed by atoms with Crippen LogP contribution in [-0.2, 0) is 4.74 Å². The first-order chi connectivity index (χ1) is 8.52. The van der Waals surface area contributed by atoms with Crippen molar-refractivity contribution in [2.45, 2.75) is 13.8 Å². The summed E-state index contributed by atoms with van der Waals surface area (Å²) in [6, 6.07) is 1.57. The lowest BCUT2D eigenvalue weighted by Crippen LogP contribution is -2.40. The molecule has 1 aliphatic heterocycles. The molecule has 0 unspecified atom stereocenters. The zero-order chi connectivity index (χ0) is 13.3. The Labute approximate surface area is 104 Å². The van der Waals surface area contributed by atoms with Gasteiger partial charge in [-0.1, -0.05) is 0 Å². The first-order valence-corrected chi connectivity index (χ1v) is 5.73. The third-order valence-corrected chi connectivity index (χ3v) is 3.09. The molecule has 7 nitrogen and oxygen atoms in total. The molecule has 0 N–H and O–H groups in total. The maximum Gasteiger partial charge on any atom is 0.359 e. The quantitative estimate of drug-likeness (QED) is 0.335. The van der Waals surface area contributed by atoms with E-state index in [0.29, 0.717) is 42.4 Å². The monoisotopic (exact) mass is 253 g/mol. The highest BCUT2D eigenvalue weighted by Crippen LogP contribution is 2.30. The van der Waals surface area contributed by atoms with Gasteiger partial charge in [-0.2, -0.15) is 4.73 Å². The van der Waals surface area contributed by atoms with E-state index in [-0.39, 0.29) is 11.4 Å². The molecule has 0 radical (unpaired) electrons. The van der Waals surface area contributed by atoms with Gasteiger partial charge < -0.3 is 14.8 Å². The number of nitro groups is 1. The average Bonchev–Trinajstić information content (AvgIpc) is 2.36. The van der Waals surface area contributed by atoms with Crippen molar-refractivity contribution >= 4 is 11.4 Å². The van der Waals surface area contributed by atoms with Crippen LogP contribution in [0, 0.1) is 29.2 Å². The van der Waals surface area contributed by atoms with Crippen LogP contribution < -0.4 is 9.63 Å². The van der Waals surface area contributed by atoms with Crippen molar-refractivity contribution in [3.8, 4) is 0 Å². The predicted octanol–water partition coefficient (Wildman–Crippen LogP) is 0.682. The van der Waals surface area contributed by atoms with E-state index in [1.165, 1.54) is 6.92 Å². The van der Waals surface area contributed by atoms with Gasteiger partial charge in [0.25, 0.3) is 5.69 Å². The molecule has 98 valence electrons. The molecule has 1 saturated heterocycles. The highest BCUT2D eigenvalue weighted by molar-refractivity contribution is 5.64. The van der Waals surface area contributed by atoms with Gasteiger partial charge in [0, 0.05) is 33.0 Å². The Morgan fingerprint density at radius 3 is 2.56 bits per heavy atom. The van der Waals surface area contributed by atoms with Gasteiger partial charge >= 0.3 is 5.69 Å². The minimum atomic E-state index is -0.492. The number of aryl methyl sites for hydroxylation is 1. The van der Waals surface area contributed by atoms with E-state index >= 15 is 0 Å². The average molecular weight is 253 g/mol. The Hall–Kier alpha value is -1.89. The van der Waals surface area contributed by atoms with Crippen LogP contribution in [-0.4, -0.2) is 31.2 Å². The van der Waals surface area contributed by atoms with Crippen LogP contribution in [0.2, 0.25) is 0 Å². The highest BCUT2D eigenvalue weighted by Gasteiger charge is 2.30. The Kier molecular flexibility index (Phi) is 3.33. The second-order valence-electron chi connectivity index (χ2n) is 4.26. The number of morpholine rings is 1. The lowest BCUT2D eigenvalue weighted by molar-refractivity contribution is -0.623. The Bertz CT molecular complexity index is 484. The van der Waals surface area contributed by atoms with Gasteiger partial charge in [-0.25, -0.2) is 0 Å². The first-order valence-electron chi connectivity index (χ1n) is 5.73. The van der Waals surface area contributed by atoms with Crippen LogP contribution in [0.4, 0.5) is 11.4 Å². The molecule has 2 rings (SSSR count). The summed E-state index contributed by atoms with van der Waals surface area (Å²) in [6.07, 6.45) is 0. The van der Waals surface area contributed by atoms with E-state index in [9.17, 15) is 15.3 Å². The summed E-state index contributed by atoms with van der Waals surface area (Å²) in [5.74, 6) is 0. The number of ether oxygens (including phenoxy) is 1. The van der Waals surface area contributed by atoms with Gasteiger partial charge in [-0.15, -0.1) is 0 Å². The van der Waals surface area contributed by atoms with Gasteiger partial charge in [-0.3, -0.25) is 10.1 Å². The fourth-order valence-electron chi connectivity index (χ4n) is 2.14. The number of anilines is 1. The van der Waals surface area contributed by atoms with E-state index in [2.05, 4.69) is 0 Å². The fraction of sp³-hybridized carbons (Fsp3) is 0.545. The van der Waals surface area contributed by atoms with E-state index in [1.54, 1.807) is 13.0 Å². The van der Waals surface area contributed by atoms with Crippen LogP contribution in [0.3, 0.4) is 0 Å². The molecule has 1 fully saturated rings. The van der Waals surface area contributed by atoms with Gasteiger partial charge in [0.2, 0.25) is 0 Å². The molecule has 7 heteroatoms. The summed E-state index contributed by atoms with van der Waals surface area (Å²) in [5, 5.41) is 22.8. The molecule has 0 saturated carbocycles. The normalized spacial score (nSPS) is 15.8. The maximum atomic E-state index is 11.7. The molecule has 2 heterocycles. The van der Waals surface area contributed by atoms with Crippen LogP contribution in [0.1, 0.15) is 11.4 Å². The van der Waals surface area contributed by atoms with E-state index in [4.69, 9.17) is 4.74 Å². The number of rotatable bonds is 2. The predicted molar refractivity (Wildman–Crippen MR) is 64.6 cm³/mol. The minimum absolute atomic E-state index is 0.113. The van der Waals surface area contributed by atoms with Crippen molar-refractivity contribution in [1.82, 2.24) is 0 Å². The van der Waals surface area contributed by atoms with Crippen molar-refractivity contribution < 1.29 is 14.4 Å². The van der Waals surface area contributed by atoms with Gasteiger partial charge in [-0.05, 0) is 0 Å². The summed E-state index contributed by atoms with van der Waals surface area (Å²) < 4.78 is 5.83. The number of pyridine rings is 1. The third kappa shape index (κ3) is 2.08. The zero-order valence-corrected chi connectivity index (χ0v) is 10.4. The second kappa shape index (κ2) is 4.77. The maximum absolute atomic E-state index is 11.7. The number of hydrogen-bond donors (Lipinski definition) is 0. The molecule has 0 aliphatic carbocycles. The van der Waals surface area contributed by atoms with Crippen LogP contribution in [0.15, 0.2) is 6.07 Å². The Morgan fingerprint density at radius 1 is 1.39 bits per heavy atom. The lowest BCUT2D eigenvalue weighted by atomic mass is 10.2. The van der Waals surface area contributed by atoms with Crippen molar-refractivity contribution in [2.24, 2.45) is 0 Å². The summed E-state index contributed by atoms with van der Waals surface area (Å²) in [7, 11) is 0. The van der Waals surface area contributed by atoms with Crippen molar-refractivity contribution in [3.05, 3.63) is 32.8 Å². The third-order valence-electron chi connectivity index (χ3n) is 3.09. The molecule has 0 bridgehead atoms. The molecule has 1 aromatic rings. The van der Waals surface area contributed by atoms with Gasteiger partial charge in [0.05, 0.1) is 18.1 Å². The van der Waals surface area contributed by atoms with Gasteiger partial charge in [0.1, 0.15) is 5.69 Å². The van der Waals surface area contributed by atoms with Crippen molar-refractivity contribution in [1.29, 1.82) is 0 Å². The van der Waals surface area contributed by atoms with E-state index in [1.807, 2.05) is 4.90 Å². The smallest absolute Gasteiger partial charge is 0.359 e. The number of aromatic nitrogens is 1. The van der Waals surface area contributed by atoms with Crippen molar-refractivity contribution in [2.75, 3.05) is 31.2 Å². The largest absolute Gasteiger partial charge is 0.618 e. The lowest BCUT2D eigenvalue weighted by Gasteiger charge is -2.28. The molecule has 1 aliphatic rings. The minimum Gasteiger partial charge on any atom is -0.618 e. The molecule has 0 atom stereocenters. The fourth-order valence-corrected chi connectivity index (χ4v) is 2.14. The van der Waals surface area contributed by atoms with Crippen LogP contribution in [0.25, 0.3) is 0 Å². The molecule has 0 spiro atoms. The Balaban J connectivity index is 2.53. The summed E-state index contributed by atoms with van der Waals surface area (Å²) in [6.45, 7) is 5.41. The zero-order valence-electron chi connectivity index (χ0n) is 10.4. The second-order valence-corrected chi connectivity index (χ2v) is 4.26. The van der Waals surface area contributed by atoms with Gasteiger partial charge in [0.15, 0.2) is 5.69 Å². The Morgan fingerprint density at radius 2 is 2.00 bits per heavy atom. The number of hydrogen-bond acceptors (Lipinski definition) is 5. The molecule has 0 aromatic carbocycles. The van der Waals surface area contributed by atoms with E-state index in [0.717, 1.165) is 0 Å². The SMILES string of the molecule is Cc1cc(N2CCOCC2)c([N+](=O)[O-])c(C)[n+]1[O-]. The van der Waals surface area contributed by atoms with Crippen LogP contribution >= 0.6 is 0 Å². The first kappa shape index (κ1) is 12.6. The standard InChI is InChI=1S/C11H15N3O4/c1-8-7-10(12-3-5-18-6-4-12)11(14(16)17)9(2)13(8)15/h7H,3-6H2,1-2H3. The molecular formula is C11H15N3O4. The topological polar surface area (TPSA) is 82.5 Å². The van der Waals surface area contributed by atoms with Crippen LogP contribution in [0.5, 0.6) is 0 Å². The highest BCUT2D eigenvalue weighted by atomic mass is 16.6. The van der Waals surface area contributed by atoms with E-state index < -0.39 is 4.92 Å². The molecule has 1 aromatic heterocycles.